The normalized spacial score (nSPS) is 15.2. The van der Waals surface area contributed by atoms with E-state index in [0.29, 0.717) is 11.1 Å². The molecule has 1 atom stereocenters. The van der Waals surface area contributed by atoms with Crippen molar-refractivity contribution in [2.24, 2.45) is 0 Å². The van der Waals surface area contributed by atoms with E-state index in [1.165, 1.54) is 37.4 Å². The van der Waals surface area contributed by atoms with E-state index in [1.54, 1.807) is 13.0 Å². The Morgan fingerprint density at radius 1 is 1.14 bits per heavy atom. The maximum Gasteiger partial charge on any atom is 0.435 e. The lowest BCUT2D eigenvalue weighted by Crippen LogP contribution is -2.21. The van der Waals surface area contributed by atoms with E-state index in [1.807, 2.05) is 0 Å². The maximum atomic E-state index is 15.0. The third kappa shape index (κ3) is 5.43. The zero-order chi connectivity index (χ0) is 27.3. The number of nitrogens with zero attached hydrogens (tertiary/aromatic N) is 2. The van der Waals surface area contributed by atoms with Crippen LogP contribution in [0, 0.1) is 31.4 Å². The predicted octanol–water partition coefficient (Wildman–Crippen LogP) is 6.52. The predicted molar refractivity (Wildman–Crippen MR) is 129 cm³/mol. The minimum atomic E-state index is -4.90. The second-order valence-electron chi connectivity index (χ2n) is 9.10. The van der Waals surface area contributed by atoms with Gasteiger partial charge in [0, 0.05) is 22.4 Å². The number of nitrogens with one attached hydrogen (secondary N) is 2. The summed E-state index contributed by atoms with van der Waals surface area (Å²) in [5, 5.41) is 9.25. The van der Waals surface area contributed by atoms with Crippen LogP contribution in [0.5, 0.6) is 11.6 Å². The Balaban J connectivity index is 1.79. The second kappa shape index (κ2) is 9.40. The van der Waals surface area contributed by atoms with Crippen molar-refractivity contribution in [1.29, 1.82) is 4.78 Å². The van der Waals surface area contributed by atoms with Crippen LogP contribution in [0.15, 0.2) is 35.2 Å². The van der Waals surface area contributed by atoms with Gasteiger partial charge in [0.05, 0.1) is 9.73 Å². The molecule has 1 aliphatic rings. The highest BCUT2D eigenvalue weighted by Crippen LogP contribution is 2.45. The van der Waals surface area contributed by atoms with Crippen molar-refractivity contribution in [3.8, 4) is 11.6 Å². The zero-order valence-electron chi connectivity index (χ0n) is 20.4. The third-order valence-electron chi connectivity index (χ3n) is 6.09. The number of anilines is 1. The molecule has 7 nitrogen and oxygen atoms in total. The van der Waals surface area contributed by atoms with Gasteiger partial charge >= 0.3 is 6.18 Å². The number of halogens is 4. The van der Waals surface area contributed by atoms with E-state index in [0.717, 1.165) is 19.8 Å². The minimum absolute atomic E-state index is 0.0336. The van der Waals surface area contributed by atoms with Crippen molar-refractivity contribution in [3.63, 3.8) is 0 Å². The molecule has 1 unspecified atom stereocenters. The lowest BCUT2D eigenvalue weighted by atomic mass is 10.0. The van der Waals surface area contributed by atoms with Crippen LogP contribution in [0.4, 0.5) is 23.2 Å². The van der Waals surface area contributed by atoms with Gasteiger partial charge < -0.3 is 10.1 Å². The molecule has 0 radical (unpaired) electrons. The average Bonchev–Trinajstić information content (AvgIpc) is 3.63. The summed E-state index contributed by atoms with van der Waals surface area (Å²) in [4.78, 5) is 13.4. The number of hydrogen-bond donors (Lipinski definition) is 2. The van der Waals surface area contributed by atoms with E-state index in [-0.39, 0.29) is 27.8 Å². The molecule has 1 heterocycles. The largest absolute Gasteiger partial charge is 0.436 e. The average molecular weight is 537 g/mol. The van der Waals surface area contributed by atoms with Gasteiger partial charge in [0.1, 0.15) is 17.1 Å². The van der Waals surface area contributed by atoms with Gasteiger partial charge in [0.25, 0.3) is 11.8 Å². The molecule has 0 saturated heterocycles. The highest BCUT2D eigenvalue weighted by atomic mass is 32.2. The van der Waals surface area contributed by atoms with Crippen molar-refractivity contribution in [2.45, 2.75) is 50.6 Å². The van der Waals surface area contributed by atoms with Crippen molar-refractivity contribution < 1.29 is 31.3 Å². The highest BCUT2D eigenvalue weighted by molar-refractivity contribution is 7.91. The van der Waals surface area contributed by atoms with Crippen LogP contribution in [0.1, 0.15) is 57.1 Å². The summed E-state index contributed by atoms with van der Waals surface area (Å²) >= 11 is 0. The van der Waals surface area contributed by atoms with Gasteiger partial charge in [0.15, 0.2) is 5.69 Å². The summed E-state index contributed by atoms with van der Waals surface area (Å²) in [7, 11) is -3.11. The summed E-state index contributed by atoms with van der Waals surface area (Å²) < 4.78 is 81.4. The Kier molecular flexibility index (Phi) is 6.74. The number of rotatable bonds is 6. The lowest BCUT2D eigenvalue weighted by molar-refractivity contribution is -0.142. The second-order valence-corrected chi connectivity index (χ2v) is 11.3. The number of ether oxygens (including phenoxy) is 1. The molecule has 3 aromatic rings. The number of carbonyl (C=O) groups is 1. The first-order valence-electron chi connectivity index (χ1n) is 11.3. The van der Waals surface area contributed by atoms with E-state index < -0.39 is 50.3 Å². The van der Waals surface area contributed by atoms with Crippen molar-refractivity contribution in [3.05, 3.63) is 69.7 Å². The first kappa shape index (κ1) is 26.5. The zero-order valence-corrected chi connectivity index (χ0v) is 21.2. The van der Waals surface area contributed by atoms with Crippen LogP contribution in [0.25, 0.3) is 0 Å². The van der Waals surface area contributed by atoms with Crippen LogP contribution in [-0.4, -0.2) is 26.6 Å². The number of aromatic nitrogens is 2. The lowest BCUT2D eigenvalue weighted by Gasteiger charge is -2.18. The number of amides is 1. The molecule has 1 aromatic heterocycles. The van der Waals surface area contributed by atoms with E-state index >= 15 is 4.39 Å². The van der Waals surface area contributed by atoms with Crippen molar-refractivity contribution >= 4 is 21.3 Å². The Bertz CT molecular complexity index is 1520. The minimum Gasteiger partial charge on any atom is -0.436 e. The molecule has 1 saturated carbocycles. The number of aryl methyl sites for hydroxylation is 1. The fraction of sp³-hybridized carbons (Fsp3) is 0.320. The fourth-order valence-corrected chi connectivity index (χ4v) is 4.73. The standard InChI is InChI=1S/C25H24F4N4O3S/c1-12-10-18(15-8-9-15)20(26)14(3)21(12)36-24-19(13(2)22(32-33-24)25(27,28)29)23(34)31-16-6-5-7-17(11-16)37(4,30)35/h5-7,10-11,15,30H,8-9H2,1-4H3,(H,31,34). The number of carbonyl (C=O) groups excluding carboxylic acids is 1. The first-order valence-corrected chi connectivity index (χ1v) is 13.2. The highest BCUT2D eigenvalue weighted by Gasteiger charge is 2.38. The molecular formula is C25H24F4N4O3S. The van der Waals surface area contributed by atoms with Crippen LogP contribution in [-0.2, 0) is 15.9 Å². The first-order chi connectivity index (χ1) is 17.2. The Morgan fingerprint density at radius 3 is 2.41 bits per heavy atom. The van der Waals surface area contributed by atoms with E-state index in [9.17, 15) is 22.2 Å². The molecule has 1 amide bonds. The van der Waals surface area contributed by atoms with Gasteiger partial charge in [-0.25, -0.2) is 13.4 Å². The summed E-state index contributed by atoms with van der Waals surface area (Å²) in [5.41, 5.74) is -1.10. The molecule has 0 bridgehead atoms. The molecule has 196 valence electrons. The Hall–Kier alpha value is -3.54. The van der Waals surface area contributed by atoms with Gasteiger partial charge in [-0.1, -0.05) is 6.07 Å². The van der Waals surface area contributed by atoms with Crippen LogP contribution < -0.4 is 10.1 Å². The molecule has 12 heteroatoms. The van der Waals surface area contributed by atoms with Crippen LogP contribution in [0.3, 0.4) is 0 Å². The number of hydrogen-bond acceptors (Lipinski definition) is 6. The molecule has 4 rings (SSSR count). The van der Waals surface area contributed by atoms with Crippen LogP contribution >= 0.6 is 0 Å². The maximum absolute atomic E-state index is 15.0. The summed E-state index contributed by atoms with van der Waals surface area (Å²) in [6.07, 6.45) is -1.95. The molecule has 0 spiro atoms. The summed E-state index contributed by atoms with van der Waals surface area (Å²) in [6, 6.07) is 7.25. The van der Waals surface area contributed by atoms with Gasteiger partial charge in [-0.05, 0) is 80.5 Å². The monoisotopic (exact) mass is 536 g/mol. The summed E-state index contributed by atoms with van der Waals surface area (Å²) in [5.74, 6) is -1.84. The van der Waals surface area contributed by atoms with Gasteiger partial charge in [-0.2, -0.15) is 13.2 Å². The number of alkyl halides is 3. The van der Waals surface area contributed by atoms with Gasteiger partial charge in [-0.3, -0.25) is 4.79 Å². The van der Waals surface area contributed by atoms with E-state index in [2.05, 4.69) is 15.5 Å². The van der Waals surface area contributed by atoms with Crippen LogP contribution in [0.2, 0.25) is 0 Å². The molecule has 0 aliphatic heterocycles. The number of benzene rings is 2. The Morgan fingerprint density at radius 2 is 1.81 bits per heavy atom. The molecule has 37 heavy (non-hydrogen) atoms. The quantitative estimate of drug-likeness (QED) is 0.349. The molecule has 2 N–H and O–H groups in total. The Labute approximate surface area is 211 Å². The third-order valence-corrected chi connectivity index (χ3v) is 7.24. The topological polar surface area (TPSA) is 105 Å². The van der Waals surface area contributed by atoms with Gasteiger partial charge in [-0.15, -0.1) is 10.2 Å². The van der Waals surface area contributed by atoms with Crippen molar-refractivity contribution in [1.82, 2.24) is 10.2 Å². The summed E-state index contributed by atoms with van der Waals surface area (Å²) in [6.45, 7) is 4.23. The van der Waals surface area contributed by atoms with E-state index in [4.69, 9.17) is 9.52 Å². The van der Waals surface area contributed by atoms with Gasteiger partial charge in [0.2, 0.25) is 0 Å². The SMILES string of the molecule is Cc1cc(C2CC2)c(F)c(C)c1Oc1nnc(C(F)(F)F)c(C)c1C(=O)Nc1cccc(S(C)(=N)=O)c1. The molecule has 2 aromatic carbocycles. The molecule has 1 aliphatic carbocycles. The fourth-order valence-electron chi connectivity index (χ4n) is 4.04. The molecular weight excluding hydrogens is 512 g/mol. The van der Waals surface area contributed by atoms with Crippen molar-refractivity contribution in [2.75, 3.05) is 11.6 Å². The smallest absolute Gasteiger partial charge is 0.435 e. The molecule has 1 fully saturated rings.